The fourth-order valence-corrected chi connectivity index (χ4v) is 3.44. The van der Waals surface area contributed by atoms with Gasteiger partial charge in [-0.05, 0) is 35.6 Å². The Morgan fingerprint density at radius 3 is 2.86 bits per heavy atom. The van der Waals surface area contributed by atoms with Gasteiger partial charge in [0.25, 0.3) is 0 Å². The molecule has 0 aliphatic heterocycles. The van der Waals surface area contributed by atoms with Gasteiger partial charge in [0.05, 0.1) is 4.88 Å². The lowest BCUT2D eigenvalue weighted by atomic mass is 10.2. The fourth-order valence-electron chi connectivity index (χ4n) is 1.87. The molecular weight excluding hydrogens is 316 g/mol. The molecular formula is C15H14N4OS2. The number of amides is 2. The van der Waals surface area contributed by atoms with E-state index in [0.29, 0.717) is 11.6 Å². The van der Waals surface area contributed by atoms with Gasteiger partial charge in [0.1, 0.15) is 16.6 Å². The number of rotatable bonds is 4. The van der Waals surface area contributed by atoms with Gasteiger partial charge in [0.15, 0.2) is 0 Å². The summed E-state index contributed by atoms with van der Waals surface area (Å²) in [5.74, 6) is 1.07. The average Bonchev–Trinajstić information content (AvgIpc) is 3.18. The summed E-state index contributed by atoms with van der Waals surface area (Å²) in [6.45, 7) is 2.06. The van der Waals surface area contributed by atoms with Crippen molar-refractivity contribution >= 4 is 40.3 Å². The molecule has 0 aliphatic rings. The van der Waals surface area contributed by atoms with Crippen LogP contribution in [0.15, 0.2) is 41.2 Å². The highest BCUT2D eigenvalue weighted by molar-refractivity contribution is 7.20. The molecule has 0 fully saturated rings. The molecule has 112 valence electrons. The van der Waals surface area contributed by atoms with Gasteiger partial charge in [0, 0.05) is 11.6 Å². The number of pyridine rings is 1. The molecule has 0 spiro atoms. The Hall–Kier alpha value is -2.25. The van der Waals surface area contributed by atoms with E-state index in [1.807, 2.05) is 35.0 Å². The molecule has 2 amide bonds. The van der Waals surface area contributed by atoms with Crippen molar-refractivity contribution in [2.75, 3.05) is 10.6 Å². The molecule has 0 saturated heterocycles. The van der Waals surface area contributed by atoms with Gasteiger partial charge >= 0.3 is 6.03 Å². The highest BCUT2D eigenvalue weighted by Gasteiger charge is 2.09. The molecule has 0 radical (unpaired) electrons. The molecule has 0 unspecified atom stereocenters. The Bertz CT molecular complexity index is 767. The van der Waals surface area contributed by atoms with Crippen molar-refractivity contribution in [1.82, 2.24) is 9.97 Å². The number of nitrogens with one attached hydrogen (secondary N) is 2. The van der Waals surface area contributed by atoms with Gasteiger partial charge in [-0.3, -0.25) is 10.6 Å². The second kappa shape index (κ2) is 6.67. The monoisotopic (exact) mass is 330 g/mol. The number of urea groups is 1. The van der Waals surface area contributed by atoms with Crippen molar-refractivity contribution in [2.24, 2.45) is 0 Å². The van der Waals surface area contributed by atoms with E-state index in [2.05, 4.69) is 27.5 Å². The minimum absolute atomic E-state index is 0.344. The lowest BCUT2D eigenvalue weighted by Crippen LogP contribution is -2.20. The first-order valence-corrected chi connectivity index (χ1v) is 8.53. The summed E-state index contributed by atoms with van der Waals surface area (Å²) in [5, 5.41) is 10.2. The van der Waals surface area contributed by atoms with E-state index in [1.54, 1.807) is 17.5 Å². The molecule has 3 aromatic rings. The zero-order valence-electron chi connectivity index (χ0n) is 11.9. The Morgan fingerprint density at radius 2 is 2.09 bits per heavy atom. The number of thiophene rings is 1. The summed E-state index contributed by atoms with van der Waals surface area (Å²) in [7, 11) is 0. The van der Waals surface area contributed by atoms with Gasteiger partial charge in [0.2, 0.25) is 0 Å². The normalized spacial score (nSPS) is 10.4. The summed E-state index contributed by atoms with van der Waals surface area (Å²) in [6, 6.07) is 7.43. The first kappa shape index (κ1) is 14.7. The highest BCUT2D eigenvalue weighted by atomic mass is 32.1. The number of aryl methyl sites for hydroxylation is 1. The van der Waals surface area contributed by atoms with Gasteiger partial charge in [-0.1, -0.05) is 13.0 Å². The predicted octanol–water partition coefficient (Wildman–Crippen LogP) is 4.47. The first-order chi connectivity index (χ1) is 10.7. The minimum Gasteiger partial charge on any atom is -0.292 e. The maximum absolute atomic E-state index is 12.0. The van der Waals surface area contributed by atoms with Crippen LogP contribution in [0.4, 0.5) is 16.4 Å². The summed E-state index contributed by atoms with van der Waals surface area (Å²) in [4.78, 5) is 21.6. The molecule has 3 heterocycles. The van der Waals surface area contributed by atoms with Crippen LogP contribution < -0.4 is 10.6 Å². The number of carbonyl (C=O) groups excluding carboxylic acids is 1. The number of hydrogen-bond donors (Lipinski definition) is 2. The maximum Gasteiger partial charge on any atom is 0.326 e. The van der Waals surface area contributed by atoms with Gasteiger partial charge < -0.3 is 0 Å². The quantitative estimate of drug-likeness (QED) is 0.741. The highest BCUT2D eigenvalue weighted by Crippen LogP contribution is 2.29. The Kier molecular flexibility index (Phi) is 4.45. The summed E-state index contributed by atoms with van der Waals surface area (Å²) in [6.07, 6.45) is 2.58. The van der Waals surface area contributed by atoms with Crippen LogP contribution in [0.5, 0.6) is 0 Å². The molecule has 2 N–H and O–H groups in total. The fraction of sp³-hybridized carbons (Fsp3) is 0.133. The predicted molar refractivity (Wildman–Crippen MR) is 91.7 cm³/mol. The van der Waals surface area contributed by atoms with Crippen LogP contribution in [-0.4, -0.2) is 16.0 Å². The van der Waals surface area contributed by atoms with Crippen molar-refractivity contribution in [3.8, 4) is 9.88 Å². The topological polar surface area (TPSA) is 66.9 Å². The molecule has 0 saturated carbocycles. The summed E-state index contributed by atoms with van der Waals surface area (Å²) in [5.41, 5.74) is 1.12. The van der Waals surface area contributed by atoms with Crippen LogP contribution in [0.25, 0.3) is 9.88 Å². The molecule has 7 heteroatoms. The van der Waals surface area contributed by atoms with Crippen molar-refractivity contribution in [1.29, 1.82) is 0 Å². The van der Waals surface area contributed by atoms with Crippen molar-refractivity contribution in [2.45, 2.75) is 13.3 Å². The summed E-state index contributed by atoms with van der Waals surface area (Å²) < 4.78 is 0. The SMILES string of the molecule is CCc1ccnc(NC(=O)Nc2csc(-c3cccs3)n2)c1. The standard InChI is InChI=1S/C15H14N4OS2/c1-2-10-5-6-16-12(8-10)18-15(20)19-13-9-22-14(17-13)11-4-3-7-21-11/h3-9H,2H2,1H3,(H2,16,18,19,20). The Labute approximate surface area is 136 Å². The number of anilines is 2. The van der Waals surface area contributed by atoms with Crippen molar-refractivity contribution in [3.63, 3.8) is 0 Å². The molecule has 0 aromatic carbocycles. The van der Waals surface area contributed by atoms with E-state index in [-0.39, 0.29) is 6.03 Å². The van der Waals surface area contributed by atoms with Crippen LogP contribution in [0, 0.1) is 0 Å². The molecule has 0 aliphatic carbocycles. The molecule has 3 rings (SSSR count). The van der Waals surface area contributed by atoms with E-state index in [1.165, 1.54) is 11.3 Å². The zero-order chi connectivity index (χ0) is 15.4. The van der Waals surface area contributed by atoms with Gasteiger partial charge in [-0.15, -0.1) is 22.7 Å². The third-order valence-corrected chi connectivity index (χ3v) is 4.83. The lowest BCUT2D eigenvalue weighted by molar-refractivity contribution is 0.262. The van der Waals surface area contributed by atoms with Crippen LogP contribution in [0.2, 0.25) is 0 Å². The zero-order valence-corrected chi connectivity index (χ0v) is 13.5. The third kappa shape index (κ3) is 3.49. The van der Waals surface area contributed by atoms with Crippen molar-refractivity contribution < 1.29 is 4.79 Å². The molecule has 22 heavy (non-hydrogen) atoms. The van der Waals surface area contributed by atoms with Crippen molar-refractivity contribution in [3.05, 3.63) is 46.8 Å². The first-order valence-electron chi connectivity index (χ1n) is 6.77. The van der Waals surface area contributed by atoms with Gasteiger partial charge in [-0.25, -0.2) is 14.8 Å². The largest absolute Gasteiger partial charge is 0.326 e. The number of nitrogens with zero attached hydrogens (tertiary/aromatic N) is 2. The van der Waals surface area contributed by atoms with Crippen LogP contribution >= 0.6 is 22.7 Å². The second-order valence-electron chi connectivity index (χ2n) is 4.50. The van der Waals surface area contributed by atoms with E-state index in [9.17, 15) is 4.79 Å². The molecule has 0 atom stereocenters. The number of carbonyl (C=O) groups is 1. The van der Waals surface area contributed by atoms with Crippen LogP contribution in [0.1, 0.15) is 12.5 Å². The lowest BCUT2D eigenvalue weighted by Gasteiger charge is -2.05. The second-order valence-corrected chi connectivity index (χ2v) is 6.30. The molecule has 3 aromatic heterocycles. The summed E-state index contributed by atoms with van der Waals surface area (Å²) >= 11 is 3.13. The van der Waals surface area contributed by atoms with Crippen LogP contribution in [0.3, 0.4) is 0 Å². The Balaban J connectivity index is 1.64. The van der Waals surface area contributed by atoms with E-state index < -0.39 is 0 Å². The minimum atomic E-state index is -0.344. The third-order valence-electron chi connectivity index (χ3n) is 2.95. The van der Waals surface area contributed by atoms with E-state index >= 15 is 0 Å². The average molecular weight is 330 g/mol. The van der Waals surface area contributed by atoms with Crippen LogP contribution in [-0.2, 0) is 6.42 Å². The Morgan fingerprint density at radius 1 is 1.23 bits per heavy atom. The molecule has 5 nitrogen and oxygen atoms in total. The number of thiazole rings is 1. The smallest absolute Gasteiger partial charge is 0.292 e. The van der Waals surface area contributed by atoms with E-state index in [0.717, 1.165) is 21.9 Å². The maximum atomic E-state index is 12.0. The number of hydrogen-bond acceptors (Lipinski definition) is 5. The molecule has 0 bridgehead atoms. The number of aromatic nitrogens is 2. The van der Waals surface area contributed by atoms with Gasteiger partial charge in [-0.2, -0.15) is 0 Å². The van der Waals surface area contributed by atoms with E-state index in [4.69, 9.17) is 0 Å².